The van der Waals surface area contributed by atoms with Crippen LogP contribution in [0.3, 0.4) is 0 Å². The average Bonchev–Trinajstić information content (AvgIpc) is 3.06. The molecule has 0 radical (unpaired) electrons. The summed E-state index contributed by atoms with van der Waals surface area (Å²) in [5.74, 6) is 0.413. The number of carbonyl (C=O) groups is 2. The molecule has 8 nitrogen and oxygen atoms in total. The SMILES string of the molecule is CCCCNC(=O)[C@@H](CC)N(Cc1ccc(C)cc1)C(=O)CN(c1ccc(Oc2ccccc2)cc1)S(=O)(=O)c1ccccc1. The zero-order valence-electron chi connectivity index (χ0n) is 26.1. The molecule has 1 N–H and O–H groups in total. The van der Waals surface area contributed by atoms with Crippen LogP contribution in [0.1, 0.15) is 44.2 Å². The molecule has 0 aromatic heterocycles. The van der Waals surface area contributed by atoms with Gasteiger partial charge in [0.2, 0.25) is 11.8 Å². The molecule has 2 amide bonds. The van der Waals surface area contributed by atoms with Crippen LogP contribution in [0.5, 0.6) is 11.5 Å². The fourth-order valence-electron chi connectivity index (χ4n) is 4.87. The van der Waals surface area contributed by atoms with Gasteiger partial charge in [0.05, 0.1) is 10.6 Å². The molecule has 0 aliphatic heterocycles. The second-order valence-corrected chi connectivity index (χ2v) is 12.7. The number of ether oxygens (including phenoxy) is 1. The van der Waals surface area contributed by atoms with E-state index in [1.54, 1.807) is 42.5 Å². The van der Waals surface area contributed by atoms with Gasteiger partial charge in [0.15, 0.2) is 0 Å². The molecule has 9 heteroatoms. The molecule has 0 saturated carbocycles. The van der Waals surface area contributed by atoms with Gasteiger partial charge >= 0.3 is 0 Å². The Morgan fingerprint density at radius 3 is 2.00 bits per heavy atom. The van der Waals surface area contributed by atoms with Gasteiger partial charge in [-0.2, -0.15) is 0 Å². The quantitative estimate of drug-likeness (QED) is 0.148. The number of unbranched alkanes of at least 4 members (excludes halogenated alkanes) is 1. The lowest BCUT2D eigenvalue weighted by atomic mass is 10.1. The Morgan fingerprint density at radius 1 is 0.800 bits per heavy atom. The number of hydrogen-bond acceptors (Lipinski definition) is 5. The Bertz CT molecular complexity index is 1630. The lowest BCUT2D eigenvalue weighted by molar-refractivity contribution is -0.140. The van der Waals surface area contributed by atoms with Gasteiger partial charge in [-0.15, -0.1) is 0 Å². The Labute approximate surface area is 266 Å². The van der Waals surface area contributed by atoms with Gasteiger partial charge in [0, 0.05) is 13.1 Å². The maximum absolute atomic E-state index is 14.2. The topological polar surface area (TPSA) is 96.0 Å². The second kappa shape index (κ2) is 15.9. The van der Waals surface area contributed by atoms with Crippen LogP contribution in [0.25, 0.3) is 0 Å². The summed E-state index contributed by atoms with van der Waals surface area (Å²) in [6, 6.07) is 30.8. The second-order valence-electron chi connectivity index (χ2n) is 10.8. The van der Waals surface area contributed by atoms with E-state index in [4.69, 9.17) is 4.74 Å². The summed E-state index contributed by atoms with van der Waals surface area (Å²) in [5, 5.41) is 2.95. The summed E-state index contributed by atoms with van der Waals surface area (Å²) in [7, 11) is -4.16. The van der Waals surface area contributed by atoms with Crippen molar-refractivity contribution in [3.8, 4) is 11.5 Å². The average molecular weight is 628 g/mol. The number of amides is 2. The summed E-state index contributed by atoms with van der Waals surface area (Å²) in [6.07, 6.45) is 2.11. The van der Waals surface area contributed by atoms with E-state index in [-0.39, 0.29) is 17.3 Å². The van der Waals surface area contributed by atoms with Gasteiger partial charge in [-0.05, 0) is 73.9 Å². The first-order valence-electron chi connectivity index (χ1n) is 15.3. The molecular formula is C36H41N3O5S. The molecule has 0 aliphatic carbocycles. The molecule has 1 atom stereocenters. The van der Waals surface area contributed by atoms with E-state index in [9.17, 15) is 18.0 Å². The number of benzene rings is 4. The van der Waals surface area contributed by atoms with Crippen LogP contribution in [0.15, 0.2) is 114 Å². The predicted molar refractivity (Wildman–Crippen MR) is 178 cm³/mol. The van der Waals surface area contributed by atoms with Gasteiger partial charge in [-0.25, -0.2) is 8.42 Å². The number of hydrogen-bond donors (Lipinski definition) is 1. The molecule has 0 unspecified atom stereocenters. The zero-order chi connectivity index (χ0) is 32.2. The van der Waals surface area contributed by atoms with Crippen molar-refractivity contribution >= 4 is 27.5 Å². The van der Waals surface area contributed by atoms with Gasteiger partial charge in [-0.3, -0.25) is 13.9 Å². The van der Waals surface area contributed by atoms with Crippen molar-refractivity contribution < 1.29 is 22.7 Å². The number of para-hydroxylation sites is 1. The summed E-state index contributed by atoms with van der Waals surface area (Å²) in [6.45, 7) is 6.03. The fraction of sp³-hybridized carbons (Fsp3) is 0.278. The smallest absolute Gasteiger partial charge is 0.264 e. The van der Waals surface area contributed by atoms with Crippen molar-refractivity contribution in [2.75, 3.05) is 17.4 Å². The molecular weight excluding hydrogens is 586 g/mol. The Hall–Kier alpha value is -4.63. The third-order valence-electron chi connectivity index (χ3n) is 7.40. The van der Waals surface area contributed by atoms with E-state index >= 15 is 0 Å². The first kappa shape index (κ1) is 33.3. The highest BCUT2D eigenvalue weighted by Crippen LogP contribution is 2.28. The first-order chi connectivity index (χ1) is 21.7. The highest BCUT2D eigenvalue weighted by atomic mass is 32.2. The van der Waals surface area contributed by atoms with Crippen LogP contribution in [0.4, 0.5) is 5.69 Å². The van der Waals surface area contributed by atoms with Crippen molar-refractivity contribution in [2.45, 2.75) is 57.5 Å². The Morgan fingerprint density at radius 2 is 1.40 bits per heavy atom. The molecule has 236 valence electrons. The largest absolute Gasteiger partial charge is 0.457 e. The lowest BCUT2D eigenvalue weighted by Gasteiger charge is -2.33. The minimum atomic E-state index is -4.16. The van der Waals surface area contributed by atoms with Crippen LogP contribution in [-0.4, -0.2) is 44.3 Å². The zero-order valence-corrected chi connectivity index (χ0v) is 26.9. The van der Waals surface area contributed by atoms with Crippen molar-refractivity contribution in [2.24, 2.45) is 0 Å². The van der Waals surface area contributed by atoms with Crippen LogP contribution >= 0.6 is 0 Å². The van der Waals surface area contributed by atoms with E-state index in [1.165, 1.54) is 17.0 Å². The van der Waals surface area contributed by atoms with Crippen LogP contribution in [0, 0.1) is 6.92 Å². The fourth-order valence-corrected chi connectivity index (χ4v) is 6.30. The van der Waals surface area contributed by atoms with Gasteiger partial charge < -0.3 is 15.0 Å². The van der Waals surface area contributed by atoms with E-state index in [0.29, 0.717) is 30.2 Å². The number of sulfonamides is 1. The molecule has 45 heavy (non-hydrogen) atoms. The predicted octanol–water partition coefficient (Wildman–Crippen LogP) is 6.71. The molecule has 4 rings (SSSR count). The number of rotatable bonds is 15. The molecule has 0 saturated heterocycles. The van der Waals surface area contributed by atoms with E-state index in [0.717, 1.165) is 28.3 Å². The lowest BCUT2D eigenvalue weighted by Crippen LogP contribution is -2.52. The number of nitrogens with one attached hydrogen (secondary N) is 1. The number of aryl methyl sites for hydroxylation is 1. The molecule has 4 aromatic rings. The van der Waals surface area contributed by atoms with Crippen molar-refractivity contribution in [3.63, 3.8) is 0 Å². The third-order valence-corrected chi connectivity index (χ3v) is 9.19. The molecule has 4 aromatic carbocycles. The Kier molecular flexibility index (Phi) is 11.8. The summed E-state index contributed by atoms with van der Waals surface area (Å²) in [5.41, 5.74) is 2.21. The van der Waals surface area contributed by atoms with Crippen molar-refractivity contribution in [3.05, 3.63) is 120 Å². The monoisotopic (exact) mass is 627 g/mol. The van der Waals surface area contributed by atoms with Gasteiger partial charge in [0.25, 0.3) is 10.0 Å². The summed E-state index contributed by atoms with van der Waals surface area (Å²) < 4.78 is 35.1. The van der Waals surface area contributed by atoms with E-state index < -0.39 is 28.5 Å². The third kappa shape index (κ3) is 8.95. The molecule has 0 fully saturated rings. The highest BCUT2D eigenvalue weighted by Gasteiger charge is 2.33. The van der Waals surface area contributed by atoms with E-state index in [1.807, 2.05) is 75.4 Å². The normalized spacial score (nSPS) is 11.8. The van der Waals surface area contributed by atoms with Crippen molar-refractivity contribution in [1.82, 2.24) is 10.2 Å². The molecule has 0 bridgehead atoms. The van der Waals surface area contributed by atoms with E-state index in [2.05, 4.69) is 5.32 Å². The minimum absolute atomic E-state index is 0.0526. The van der Waals surface area contributed by atoms with Crippen LogP contribution in [0.2, 0.25) is 0 Å². The number of anilines is 1. The maximum atomic E-state index is 14.2. The number of carbonyl (C=O) groups excluding carboxylic acids is 2. The van der Waals surface area contributed by atoms with Crippen molar-refractivity contribution in [1.29, 1.82) is 0 Å². The van der Waals surface area contributed by atoms with Gasteiger partial charge in [-0.1, -0.05) is 86.5 Å². The van der Waals surface area contributed by atoms with Crippen LogP contribution in [-0.2, 0) is 26.2 Å². The number of nitrogens with zero attached hydrogens (tertiary/aromatic N) is 2. The van der Waals surface area contributed by atoms with Crippen LogP contribution < -0.4 is 14.4 Å². The first-order valence-corrected chi connectivity index (χ1v) is 16.7. The maximum Gasteiger partial charge on any atom is 0.264 e. The molecule has 0 aliphatic rings. The standard InChI is InChI=1S/C36H41N3O5S/c1-4-6-25-37-36(41)34(5-2)38(26-29-19-17-28(3)18-20-29)35(40)27-39(45(42,43)33-15-11-8-12-16-33)30-21-23-32(24-22-30)44-31-13-9-7-10-14-31/h7-24,34H,4-6,25-27H2,1-3H3,(H,37,41)/t34-/m1/s1. The highest BCUT2D eigenvalue weighted by molar-refractivity contribution is 7.92. The Balaban J connectivity index is 1.69. The summed E-state index contributed by atoms with van der Waals surface area (Å²) >= 11 is 0. The minimum Gasteiger partial charge on any atom is -0.457 e. The molecule has 0 spiro atoms. The molecule has 0 heterocycles. The summed E-state index contributed by atoms with van der Waals surface area (Å²) in [4.78, 5) is 29.1. The van der Waals surface area contributed by atoms with Gasteiger partial charge in [0.1, 0.15) is 24.1 Å².